The number of nitrogens with one attached hydrogen (secondary N) is 1. The highest BCUT2D eigenvalue weighted by Gasteiger charge is 2.13. The van der Waals surface area contributed by atoms with Crippen LogP contribution in [0.4, 0.5) is 0 Å². The number of nitrogens with zero attached hydrogens (tertiary/aromatic N) is 3. The highest BCUT2D eigenvalue weighted by molar-refractivity contribution is 7.10. The summed E-state index contributed by atoms with van der Waals surface area (Å²) < 4.78 is 3.76. The fourth-order valence-electron chi connectivity index (χ4n) is 1.82. The number of carbonyl (C=O) groups is 1. The van der Waals surface area contributed by atoms with Crippen LogP contribution in [-0.2, 0) is 6.54 Å². The summed E-state index contributed by atoms with van der Waals surface area (Å²) in [6.07, 6.45) is 0. The maximum absolute atomic E-state index is 12.0. The van der Waals surface area contributed by atoms with Crippen LogP contribution in [0.5, 0.6) is 0 Å². The second-order valence-corrected chi connectivity index (χ2v) is 6.64. The SMILES string of the molecule is Cc1nnsc1C(=O)NCc1nc(-c2ccc(Cl)cc2)cs1. The minimum absolute atomic E-state index is 0.171. The molecule has 1 amide bonds. The number of thiazole rings is 1. The van der Waals surface area contributed by atoms with Gasteiger partial charge in [0.15, 0.2) is 0 Å². The Morgan fingerprint density at radius 3 is 2.77 bits per heavy atom. The van der Waals surface area contributed by atoms with Gasteiger partial charge in [0, 0.05) is 16.0 Å². The molecule has 3 rings (SSSR count). The quantitative estimate of drug-likeness (QED) is 0.781. The van der Waals surface area contributed by atoms with Crippen LogP contribution in [0.25, 0.3) is 11.3 Å². The first kappa shape index (κ1) is 15.1. The van der Waals surface area contributed by atoms with E-state index in [9.17, 15) is 4.79 Å². The molecule has 0 bridgehead atoms. The van der Waals surface area contributed by atoms with Gasteiger partial charge in [-0.05, 0) is 30.6 Å². The summed E-state index contributed by atoms with van der Waals surface area (Å²) in [7, 11) is 0. The lowest BCUT2D eigenvalue weighted by atomic mass is 10.2. The first-order chi connectivity index (χ1) is 10.6. The Kier molecular flexibility index (Phi) is 4.47. The fourth-order valence-corrected chi connectivity index (χ4v) is 3.26. The van der Waals surface area contributed by atoms with Crippen molar-refractivity contribution in [3.05, 3.63) is 50.2 Å². The molecule has 0 unspecified atom stereocenters. The maximum atomic E-state index is 12.0. The molecule has 112 valence electrons. The fraction of sp³-hybridized carbons (Fsp3) is 0.143. The molecule has 0 spiro atoms. The van der Waals surface area contributed by atoms with Gasteiger partial charge in [-0.3, -0.25) is 4.79 Å². The Morgan fingerprint density at radius 1 is 1.32 bits per heavy atom. The number of benzene rings is 1. The van der Waals surface area contributed by atoms with E-state index in [4.69, 9.17) is 11.6 Å². The molecule has 0 radical (unpaired) electrons. The van der Waals surface area contributed by atoms with E-state index in [0.717, 1.165) is 27.8 Å². The Bertz CT molecular complexity index is 797. The molecule has 0 saturated heterocycles. The van der Waals surface area contributed by atoms with E-state index in [0.29, 0.717) is 22.1 Å². The van der Waals surface area contributed by atoms with Crippen LogP contribution < -0.4 is 5.32 Å². The van der Waals surface area contributed by atoms with Crippen molar-refractivity contribution < 1.29 is 4.79 Å². The van der Waals surface area contributed by atoms with E-state index in [1.165, 1.54) is 11.3 Å². The van der Waals surface area contributed by atoms with Crippen LogP contribution in [0.2, 0.25) is 5.02 Å². The highest BCUT2D eigenvalue weighted by atomic mass is 35.5. The van der Waals surface area contributed by atoms with E-state index >= 15 is 0 Å². The van der Waals surface area contributed by atoms with Crippen molar-refractivity contribution in [3.8, 4) is 11.3 Å². The third-order valence-corrected chi connectivity index (χ3v) is 4.88. The maximum Gasteiger partial charge on any atom is 0.265 e. The van der Waals surface area contributed by atoms with Crippen LogP contribution in [-0.4, -0.2) is 20.5 Å². The average Bonchev–Trinajstić information content (AvgIpc) is 3.14. The van der Waals surface area contributed by atoms with Gasteiger partial charge < -0.3 is 5.32 Å². The number of carbonyl (C=O) groups excluding carboxylic acids is 1. The number of hydrogen-bond acceptors (Lipinski definition) is 6. The molecule has 0 aliphatic rings. The Balaban J connectivity index is 1.66. The molecular formula is C14H11ClN4OS2. The van der Waals surface area contributed by atoms with E-state index in [-0.39, 0.29) is 5.91 Å². The first-order valence-electron chi connectivity index (χ1n) is 6.41. The molecule has 3 aromatic rings. The van der Waals surface area contributed by atoms with Crippen LogP contribution in [0.3, 0.4) is 0 Å². The van der Waals surface area contributed by atoms with E-state index in [1.54, 1.807) is 6.92 Å². The van der Waals surface area contributed by atoms with Crippen molar-refractivity contribution in [1.29, 1.82) is 0 Å². The molecule has 0 aliphatic carbocycles. The zero-order valence-corrected chi connectivity index (χ0v) is 13.9. The van der Waals surface area contributed by atoms with Crippen LogP contribution in [0.15, 0.2) is 29.6 Å². The zero-order valence-electron chi connectivity index (χ0n) is 11.5. The molecule has 2 heterocycles. The predicted molar refractivity (Wildman–Crippen MR) is 88.4 cm³/mol. The van der Waals surface area contributed by atoms with Gasteiger partial charge in [0.05, 0.1) is 17.9 Å². The molecule has 22 heavy (non-hydrogen) atoms. The Labute approximate surface area is 140 Å². The van der Waals surface area contributed by atoms with E-state index < -0.39 is 0 Å². The van der Waals surface area contributed by atoms with E-state index in [2.05, 4.69) is 19.9 Å². The molecule has 0 saturated carbocycles. The summed E-state index contributed by atoms with van der Waals surface area (Å²) in [5.41, 5.74) is 2.52. The van der Waals surface area contributed by atoms with Crippen LogP contribution in [0, 0.1) is 6.92 Å². The third-order valence-electron chi connectivity index (χ3n) is 2.95. The molecule has 1 N–H and O–H groups in total. The molecule has 1 aromatic carbocycles. The summed E-state index contributed by atoms with van der Waals surface area (Å²) in [6.45, 7) is 2.15. The first-order valence-corrected chi connectivity index (χ1v) is 8.44. The van der Waals surface area contributed by atoms with Crippen molar-refractivity contribution in [1.82, 2.24) is 19.9 Å². The molecule has 8 heteroatoms. The minimum atomic E-state index is -0.171. The summed E-state index contributed by atoms with van der Waals surface area (Å²) >= 11 is 8.47. The smallest absolute Gasteiger partial charge is 0.265 e. The third kappa shape index (κ3) is 3.32. The standard InChI is InChI=1S/C14H11ClN4OS2/c1-8-13(22-19-18-8)14(20)16-6-12-17-11(7-21-12)9-2-4-10(15)5-3-9/h2-5,7H,6H2,1H3,(H,16,20). The summed E-state index contributed by atoms with van der Waals surface area (Å²) in [6, 6.07) is 7.51. The predicted octanol–water partition coefficient (Wildman–Crippen LogP) is 3.55. The molecular weight excluding hydrogens is 340 g/mol. The van der Waals surface area contributed by atoms with Crippen molar-refractivity contribution in [2.24, 2.45) is 0 Å². The number of hydrogen-bond donors (Lipinski definition) is 1. The summed E-state index contributed by atoms with van der Waals surface area (Å²) in [5, 5.41) is 10.2. The monoisotopic (exact) mass is 350 g/mol. The second-order valence-electron chi connectivity index (χ2n) is 4.50. The van der Waals surface area contributed by atoms with Gasteiger partial charge in [-0.15, -0.1) is 16.4 Å². The number of rotatable bonds is 4. The van der Waals surface area contributed by atoms with Crippen LogP contribution >= 0.6 is 34.5 Å². The molecule has 0 fully saturated rings. The number of amides is 1. The number of aryl methyl sites for hydroxylation is 1. The van der Waals surface area contributed by atoms with Gasteiger partial charge in [0.1, 0.15) is 9.88 Å². The normalized spacial score (nSPS) is 10.6. The van der Waals surface area contributed by atoms with Gasteiger partial charge in [0.2, 0.25) is 0 Å². The van der Waals surface area contributed by atoms with Gasteiger partial charge >= 0.3 is 0 Å². The zero-order chi connectivity index (χ0) is 15.5. The van der Waals surface area contributed by atoms with Gasteiger partial charge in [-0.2, -0.15) is 0 Å². The lowest BCUT2D eigenvalue weighted by molar-refractivity contribution is 0.0954. The van der Waals surface area contributed by atoms with Crippen molar-refractivity contribution in [2.75, 3.05) is 0 Å². The molecule has 2 aromatic heterocycles. The number of halogens is 1. The minimum Gasteiger partial charge on any atom is -0.345 e. The van der Waals surface area contributed by atoms with Gasteiger partial charge in [-0.25, -0.2) is 4.98 Å². The molecule has 5 nitrogen and oxygen atoms in total. The topological polar surface area (TPSA) is 67.8 Å². The lowest BCUT2D eigenvalue weighted by Crippen LogP contribution is -2.22. The van der Waals surface area contributed by atoms with Gasteiger partial charge in [-0.1, -0.05) is 28.2 Å². The Hall–Kier alpha value is -1.83. The summed E-state index contributed by atoms with van der Waals surface area (Å²) in [5.74, 6) is -0.171. The molecule has 0 aliphatic heterocycles. The highest BCUT2D eigenvalue weighted by Crippen LogP contribution is 2.23. The largest absolute Gasteiger partial charge is 0.345 e. The Morgan fingerprint density at radius 2 is 2.09 bits per heavy atom. The van der Waals surface area contributed by atoms with Crippen molar-refractivity contribution in [2.45, 2.75) is 13.5 Å². The lowest BCUT2D eigenvalue weighted by Gasteiger charge is -2.00. The van der Waals surface area contributed by atoms with Crippen molar-refractivity contribution >= 4 is 40.4 Å². The van der Waals surface area contributed by atoms with Gasteiger partial charge in [0.25, 0.3) is 5.91 Å². The number of aromatic nitrogens is 3. The summed E-state index contributed by atoms with van der Waals surface area (Å²) in [4.78, 5) is 17.1. The average molecular weight is 351 g/mol. The van der Waals surface area contributed by atoms with Crippen molar-refractivity contribution in [3.63, 3.8) is 0 Å². The molecule has 0 atom stereocenters. The second kappa shape index (κ2) is 6.51. The van der Waals surface area contributed by atoms with Crippen LogP contribution in [0.1, 0.15) is 20.4 Å². The van der Waals surface area contributed by atoms with E-state index in [1.807, 2.05) is 29.6 Å².